The highest BCUT2D eigenvalue weighted by molar-refractivity contribution is 5.21. The molecule has 0 aromatic carbocycles. The summed E-state index contributed by atoms with van der Waals surface area (Å²) in [6.07, 6.45) is -21.0. The number of rotatable bonds is 10. The molecule has 4 aliphatic carbocycles. The molecule has 12 N–H and O–H groups in total. The molecule has 8 fully saturated rings. The summed E-state index contributed by atoms with van der Waals surface area (Å²) in [5.74, 6) is 0.105. The summed E-state index contributed by atoms with van der Waals surface area (Å²) in [7, 11) is 0. The van der Waals surface area contributed by atoms with Crippen molar-refractivity contribution in [1.29, 1.82) is 0 Å². The third kappa shape index (κ3) is 8.40. The van der Waals surface area contributed by atoms with Crippen LogP contribution in [0.4, 0.5) is 0 Å². The lowest BCUT2D eigenvalue weighted by Gasteiger charge is -2.71. The minimum absolute atomic E-state index is 0.0181. The van der Waals surface area contributed by atoms with Crippen LogP contribution in [0.15, 0.2) is 0 Å². The molecule has 8 aliphatic rings. The van der Waals surface area contributed by atoms with Crippen LogP contribution in [0.25, 0.3) is 0 Å². The van der Waals surface area contributed by atoms with E-state index in [4.69, 9.17) is 33.2 Å². The molecule has 388 valence electrons. The van der Waals surface area contributed by atoms with E-state index in [2.05, 4.69) is 34.6 Å². The van der Waals surface area contributed by atoms with Crippen LogP contribution < -0.4 is 0 Å². The van der Waals surface area contributed by atoms with E-state index in [0.29, 0.717) is 25.7 Å². The average molecular weight is 963 g/mol. The van der Waals surface area contributed by atoms with Gasteiger partial charge in [-0.05, 0) is 118 Å². The van der Waals surface area contributed by atoms with Gasteiger partial charge in [0.05, 0.1) is 48.8 Å². The molecule has 0 amide bonds. The monoisotopic (exact) mass is 963 g/mol. The van der Waals surface area contributed by atoms with Crippen LogP contribution in [-0.2, 0) is 33.2 Å². The van der Waals surface area contributed by atoms with Crippen molar-refractivity contribution in [2.45, 2.75) is 241 Å². The van der Waals surface area contributed by atoms with Crippen molar-refractivity contribution in [2.75, 3.05) is 13.2 Å². The molecule has 0 radical (unpaired) electrons. The van der Waals surface area contributed by atoms with Crippen molar-refractivity contribution in [3.8, 4) is 0 Å². The zero-order chi connectivity index (χ0) is 49.3. The molecule has 9 unspecified atom stereocenters. The summed E-state index contributed by atoms with van der Waals surface area (Å²) < 4.78 is 43.9. The highest BCUT2D eigenvalue weighted by atomic mass is 16.8. The summed E-state index contributed by atoms with van der Waals surface area (Å²) in [4.78, 5) is 0. The Labute approximate surface area is 393 Å². The van der Waals surface area contributed by atoms with Gasteiger partial charge in [0, 0.05) is 6.42 Å². The number of aliphatic hydroxyl groups is 12. The van der Waals surface area contributed by atoms with Crippen molar-refractivity contribution in [3.05, 3.63) is 0 Å². The third-order valence-electron chi connectivity index (χ3n) is 19.5. The predicted molar refractivity (Wildman–Crippen MR) is 233 cm³/mol. The van der Waals surface area contributed by atoms with Crippen molar-refractivity contribution in [2.24, 2.45) is 45.3 Å². The molecule has 0 spiro atoms. The highest BCUT2D eigenvalue weighted by Crippen LogP contribution is 2.76. The van der Waals surface area contributed by atoms with Gasteiger partial charge in [-0.15, -0.1) is 0 Å². The highest BCUT2D eigenvalue weighted by Gasteiger charge is 2.73. The summed E-state index contributed by atoms with van der Waals surface area (Å²) in [6, 6.07) is 0. The standard InChI is InChI=1S/C48H82O19/c1-20-30(53)33(56)35(58)40(61-20)66-38-37(65-41-36(59)34(57)31(54)24(18-49)62-41)32(55)25(19-50)63-42(38)64-28-12-13-45(6)26(43(28,2)3)11-15-46(7)27(45)16-22(51)29-21(10-14-47(29,46)8)48(9)17-23(52)39(67-48)44(4,5)60/h20-42,49-60H,10-19H2,1-9H3/t20-,21?,22?,23?,24+,25+,26?,27?,28-,29-,30-,31+,32+,33+,34-,35+,36+,37-,38+,39?,40-,41-,42-,45-,46?,47?,48?/m0/s1. The molecule has 4 heterocycles. The topological polar surface area (TPSA) is 307 Å². The largest absolute Gasteiger partial charge is 0.394 e. The lowest BCUT2D eigenvalue weighted by molar-refractivity contribution is -0.398. The second-order valence-corrected chi connectivity index (χ2v) is 24.0. The van der Waals surface area contributed by atoms with Crippen molar-refractivity contribution in [3.63, 3.8) is 0 Å². The van der Waals surface area contributed by atoms with Crippen molar-refractivity contribution in [1.82, 2.24) is 0 Å². The first-order valence-electron chi connectivity index (χ1n) is 24.8. The van der Waals surface area contributed by atoms with Gasteiger partial charge in [-0.1, -0.05) is 34.6 Å². The van der Waals surface area contributed by atoms with E-state index in [1.54, 1.807) is 13.8 Å². The molecule has 0 aromatic rings. The molecule has 27 atom stereocenters. The number of fused-ring (bicyclic) bond motifs is 5. The van der Waals surface area contributed by atoms with Gasteiger partial charge in [0.1, 0.15) is 73.2 Å². The maximum Gasteiger partial charge on any atom is 0.187 e. The Balaban J connectivity index is 1.06. The van der Waals surface area contributed by atoms with Crippen molar-refractivity contribution < 1.29 is 94.4 Å². The van der Waals surface area contributed by atoms with Gasteiger partial charge < -0.3 is 94.4 Å². The van der Waals surface area contributed by atoms with Crippen LogP contribution in [0.2, 0.25) is 0 Å². The zero-order valence-corrected chi connectivity index (χ0v) is 40.6. The SMILES string of the molecule is C[C@@H]1O[C@@H](O[C@H]2[C@H](O[C@H]3CC[C@@]4(C)C(CCC5(C)C4CC(O)[C@@H]4C(C6(C)CC(O)C(C(C)(C)O)O6)CCC45C)C3(C)C)O[C@H](CO)[C@@H](O)[C@@H]2O[C@@H]2O[C@H](CO)[C@@H](O)[C@H](O)[C@H]2O)[C@H](O)[C@H](O)[C@H]1O. The van der Waals surface area contributed by atoms with Crippen LogP contribution in [-0.4, -0.2) is 202 Å². The van der Waals surface area contributed by atoms with E-state index in [-0.39, 0.29) is 39.9 Å². The summed E-state index contributed by atoms with van der Waals surface area (Å²) in [5.41, 5.74) is -3.18. The molecule has 19 nitrogen and oxygen atoms in total. The fraction of sp³-hybridized carbons (Fsp3) is 1.00. The second-order valence-electron chi connectivity index (χ2n) is 24.0. The van der Waals surface area contributed by atoms with Crippen molar-refractivity contribution >= 4 is 0 Å². The minimum Gasteiger partial charge on any atom is -0.394 e. The Hall–Kier alpha value is -0.760. The molecule has 67 heavy (non-hydrogen) atoms. The molecular weight excluding hydrogens is 881 g/mol. The molecular formula is C48H82O19. The van der Waals surface area contributed by atoms with Crippen LogP contribution in [0, 0.1) is 45.3 Å². The van der Waals surface area contributed by atoms with Gasteiger partial charge in [-0.2, -0.15) is 0 Å². The maximum atomic E-state index is 12.5. The average Bonchev–Trinajstić information content (AvgIpc) is 3.80. The van der Waals surface area contributed by atoms with Gasteiger partial charge >= 0.3 is 0 Å². The van der Waals surface area contributed by atoms with E-state index in [1.165, 1.54) is 6.92 Å². The van der Waals surface area contributed by atoms with Gasteiger partial charge in [0.15, 0.2) is 18.9 Å². The lowest BCUT2D eigenvalue weighted by Crippen LogP contribution is -2.68. The first kappa shape index (κ1) is 52.6. The van der Waals surface area contributed by atoms with Gasteiger partial charge in [-0.25, -0.2) is 0 Å². The van der Waals surface area contributed by atoms with E-state index >= 15 is 0 Å². The normalized spacial score (nSPS) is 56.8. The van der Waals surface area contributed by atoms with Crippen LogP contribution in [0.3, 0.4) is 0 Å². The summed E-state index contributed by atoms with van der Waals surface area (Å²) in [6.45, 7) is 16.7. The molecule has 0 bridgehead atoms. The van der Waals surface area contributed by atoms with Crippen LogP contribution in [0.5, 0.6) is 0 Å². The zero-order valence-electron chi connectivity index (χ0n) is 40.6. The summed E-state index contributed by atoms with van der Waals surface area (Å²) >= 11 is 0. The maximum absolute atomic E-state index is 12.5. The Kier molecular flexibility index (Phi) is 14.4. The fourth-order valence-corrected chi connectivity index (χ4v) is 15.7. The minimum atomic E-state index is -1.88. The number of hydrogen-bond acceptors (Lipinski definition) is 19. The first-order chi connectivity index (χ1) is 31.1. The van der Waals surface area contributed by atoms with E-state index in [1.807, 2.05) is 6.92 Å². The number of ether oxygens (including phenoxy) is 7. The van der Waals surface area contributed by atoms with Gasteiger partial charge in [0.2, 0.25) is 0 Å². The number of aliphatic hydroxyl groups excluding tert-OH is 11. The molecule has 4 aliphatic heterocycles. The quantitative estimate of drug-likeness (QED) is 0.119. The summed E-state index contributed by atoms with van der Waals surface area (Å²) in [5, 5.41) is 131. The lowest BCUT2D eigenvalue weighted by atomic mass is 9.35. The van der Waals surface area contributed by atoms with Gasteiger partial charge in [-0.3, -0.25) is 0 Å². The van der Waals surface area contributed by atoms with Crippen LogP contribution >= 0.6 is 0 Å². The van der Waals surface area contributed by atoms with E-state index < -0.39 is 146 Å². The molecule has 4 saturated carbocycles. The molecule has 19 heteroatoms. The molecule has 8 rings (SSSR count). The fourth-order valence-electron chi connectivity index (χ4n) is 15.7. The molecule has 4 saturated heterocycles. The van der Waals surface area contributed by atoms with E-state index in [0.717, 1.165) is 25.7 Å². The smallest absolute Gasteiger partial charge is 0.187 e. The Morgan fingerprint density at radius 2 is 1.15 bits per heavy atom. The van der Waals surface area contributed by atoms with Gasteiger partial charge in [0.25, 0.3) is 0 Å². The Morgan fingerprint density at radius 1 is 0.582 bits per heavy atom. The first-order valence-corrected chi connectivity index (χ1v) is 24.8. The number of hydrogen-bond donors (Lipinski definition) is 12. The Morgan fingerprint density at radius 3 is 1.76 bits per heavy atom. The predicted octanol–water partition coefficient (Wildman–Crippen LogP) is -0.817. The Bertz CT molecular complexity index is 1730. The van der Waals surface area contributed by atoms with E-state index in [9.17, 15) is 61.3 Å². The third-order valence-corrected chi connectivity index (χ3v) is 19.5. The van der Waals surface area contributed by atoms with Crippen LogP contribution in [0.1, 0.15) is 114 Å². The molecule has 0 aromatic heterocycles. The second kappa shape index (κ2) is 18.3.